The van der Waals surface area contributed by atoms with E-state index in [9.17, 15) is 31.1 Å². The molecule has 10 heteroatoms. The number of aromatic amines is 1. The smallest absolute Gasteiger partial charge is 0.433 e. The van der Waals surface area contributed by atoms with Crippen molar-refractivity contribution in [3.05, 3.63) is 29.1 Å². The van der Waals surface area contributed by atoms with Crippen LogP contribution < -0.4 is 0 Å². The Morgan fingerprint density at radius 3 is 2.29 bits per heavy atom. The van der Waals surface area contributed by atoms with Gasteiger partial charge in [0, 0.05) is 6.20 Å². The van der Waals surface area contributed by atoms with E-state index in [2.05, 4.69) is 14.7 Å². The van der Waals surface area contributed by atoms with Gasteiger partial charge in [-0.3, -0.25) is 0 Å². The van der Waals surface area contributed by atoms with Gasteiger partial charge in [-0.05, 0) is 6.07 Å². The van der Waals surface area contributed by atoms with Gasteiger partial charge in [0.1, 0.15) is 16.8 Å². The van der Waals surface area contributed by atoms with Crippen LogP contribution in [0.1, 0.15) is 21.6 Å². The molecule has 0 aliphatic carbocycles. The minimum absolute atomic E-state index is 0.111. The van der Waals surface area contributed by atoms with Crippen LogP contribution in [0.25, 0.3) is 11.0 Å². The maximum atomic E-state index is 12.8. The summed E-state index contributed by atoms with van der Waals surface area (Å²) in [7, 11) is 0.944. The fraction of sp³-hybridized carbons (Fsp3) is 0.273. The topological polar surface area (TPSA) is 55.0 Å². The number of carbonyl (C=O) groups is 1. The summed E-state index contributed by atoms with van der Waals surface area (Å²) in [5.41, 5.74) is -5.27. The van der Waals surface area contributed by atoms with Gasteiger partial charge in [0.2, 0.25) is 0 Å². The van der Waals surface area contributed by atoms with Gasteiger partial charge in [-0.1, -0.05) is 0 Å². The Hall–Kier alpha value is -2.26. The molecule has 0 aliphatic heterocycles. The van der Waals surface area contributed by atoms with E-state index < -0.39 is 46.2 Å². The molecule has 114 valence electrons. The molecule has 0 aromatic carbocycles. The van der Waals surface area contributed by atoms with Crippen LogP contribution in [0.15, 0.2) is 12.3 Å². The average Bonchev–Trinajstić information content (AvgIpc) is 2.78. The fourth-order valence-corrected chi connectivity index (χ4v) is 1.73. The number of aromatic nitrogens is 2. The summed E-state index contributed by atoms with van der Waals surface area (Å²) in [5.74, 6) is -1.10. The summed E-state index contributed by atoms with van der Waals surface area (Å²) in [6.07, 6.45) is -9.31. The van der Waals surface area contributed by atoms with Crippen molar-refractivity contribution in [3.8, 4) is 0 Å². The second-order valence-electron chi connectivity index (χ2n) is 3.97. The summed E-state index contributed by atoms with van der Waals surface area (Å²) in [4.78, 5) is 16.6. The quantitative estimate of drug-likeness (QED) is 0.649. The van der Waals surface area contributed by atoms with Gasteiger partial charge in [0.05, 0.1) is 18.2 Å². The van der Waals surface area contributed by atoms with Crippen LogP contribution in [0.2, 0.25) is 0 Å². The highest BCUT2D eigenvalue weighted by Crippen LogP contribution is 2.38. The van der Waals surface area contributed by atoms with Gasteiger partial charge in [-0.25, -0.2) is 9.78 Å². The van der Waals surface area contributed by atoms with Gasteiger partial charge in [-0.15, -0.1) is 0 Å². The van der Waals surface area contributed by atoms with E-state index in [-0.39, 0.29) is 6.07 Å². The predicted octanol–water partition coefficient (Wildman–Crippen LogP) is 3.39. The number of fused-ring (bicyclic) bond motifs is 1. The molecular formula is C11H6F6N2O2. The molecule has 2 aromatic rings. The molecule has 0 amide bonds. The first kappa shape index (κ1) is 15.1. The zero-order valence-corrected chi connectivity index (χ0v) is 10.2. The molecule has 0 radical (unpaired) electrons. The summed E-state index contributed by atoms with van der Waals surface area (Å²) in [6.45, 7) is 0. The molecule has 0 spiro atoms. The van der Waals surface area contributed by atoms with E-state index in [1.807, 2.05) is 0 Å². The number of alkyl halides is 6. The summed E-state index contributed by atoms with van der Waals surface area (Å²) >= 11 is 0. The van der Waals surface area contributed by atoms with Gasteiger partial charge in [-0.2, -0.15) is 26.3 Å². The summed E-state index contributed by atoms with van der Waals surface area (Å²) < 4.78 is 80.8. The van der Waals surface area contributed by atoms with E-state index in [4.69, 9.17) is 0 Å². The van der Waals surface area contributed by atoms with Crippen LogP contribution in [-0.2, 0) is 17.1 Å². The fourth-order valence-electron chi connectivity index (χ4n) is 1.73. The van der Waals surface area contributed by atoms with Crippen molar-refractivity contribution in [3.63, 3.8) is 0 Å². The summed E-state index contributed by atoms with van der Waals surface area (Å²) in [5, 5.41) is 0. The molecule has 2 aromatic heterocycles. The Bertz CT molecular complexity index is 701. The SMILES string of the molecule is COC(=O)c1c[nH]c2c(C(F)(F)F)cc(C(F)(F)F)nc12. The number of H-pyrrole nitrogens is 1. The van der Waals surface area contributed by atoms with Crippen molar-refractivity contribution in [2.45, 2.75) is 12.4 Å². The average molecular weight is 312 g/mol. The van der Waals surface area contributed by atoms with E-state index in [1.165, 1.54) is 0 Å². The lowest BCUT2D eigenvalue weighted by Crippen LogP contribution is -2.14. The zero-order chi connectivity index (χ0) is 16.0. The van der Waals surface area contributed by atoms with E-state index >= 15 is 0 Å². The lowest BCUT2D eigenvalue weighted by atomic mass is 10.1. The minimum atomic E-state index is -5.08. The number of esters is 1. The highest BCUT2D eigenvalue weighted by Gasteiger charge is 2.40. The number of rotatable bonds is 1. The molecule has 0 aliphatic rings. The van der Waals surface area contributed by atoms with Gasteiger partial charge < -0.3 is 9.72 Å². The monoisotopic (exact) mass is 312 g/mol. The lowest BCUT2D eigenvalue weighted by molar-refractivity contribution is -0.144. The number of ether oxygens (including phenoxy) is 1. The maximum absolute atomic E-state index is 12.8. The number of hydrogen-bond acceptors (Lipinski definition) is 3. The largest absolute Gasteiger partial charge is 0.465 e. The molecule has 0 saturated carbocycles. The lowest BCUT2D eigenvalue weighted by Gasteiger charge is -2.12. The van der Waals surface area contributed by atoms with Crippen molar-refractivity contribution in [1.29, 1.82) is 0 Å². The molecular weight excluding hydrogens is 306 g/mol. The van der Waals surface area contributed by atoms with Crippen LogP contribution in [0, 0.1) is 0 Å². The molecule has 2 rings (SSSR count). The normalized spacial score (nSPS) is 12.7. The molecule has 0 saturated heterocycles. The summed E-state index contributed by atoms with van der Waals surface area (Å²) in [6, 6.07) is -0.111. The number of nitrogens with one attached hydrogen (secondary N) is 1. The third-order valence-electron chi connectivity index (χ3n) is 2.64. The van der Waals surface area contributed by atoms with E-state index in [0.29, 0.717) is 0 Å². The number of halogens is 6. The van der Waals surface area contributed by atoms with Crippen LogP contribution in [0.5, 0.6) is 0 Å². The Morgan fingerprint density at radius 1 is 1.19 bits per heavy atom. The van der Waals surface area contributed by atoms with Crippen LogP contribution in [0.4, 0.5) is 26.3 Å². The number of hydrogen-bond donors (Lipinski definition) is 1. The van der Waals surface area contributed by atoms with Crippen LogP contribution in [0.3, 0.4) is 0 Å². The first-order valence-electron chi connectivity index (χ1n) is 5.30. The van der Waals surface area contributed by atoms with Crippen molar-refractivity contribution >= 4 is 17.0 Å². The first-order valence-corrected chi connectivity index (χ1v) is 5.30. The van der Waals surface area contributed by atoms with E-state index in [0.717, 1.165) is 13.3 Å². The highest BCUT2D eigenvalue weighted by molar-refractivity contribution is 6.03. The van der Waals surface area contributed by atoms with Gasteiger partial charge >= 0.3 is 18.3 Å². The maximum Gasteiger partial charge on any atom is 0.433 e. The zero-order valence-electron chi connectivity index (χ0n) is 10.2. The standard InChI is InChI=1S/C11H6F6N2O2/c1-21-9(20)4-3-18-8-5(10(12,13)14)2-6(11(15,16)17)19-7(4)8/h2-3,18H,1H3. The number of carbonyl (C=O) groups excluding carboxylic acids is 1. The number of nitrogens with zero attached hydrogens (tertiary/aromatic N) is 1. The van der Waals surface area contributed by atoms with Crippen LogP contribution >= 0.6 is 0 Å². The molecule has 21 heavy (non-hydrogen) atoms. The van der Waals surface area contributed by atoms with Crippen molar-refractivity contribution in [1.82, 2.24) is 9.97 Å². The van der Waals surface area contributed by atoms with E-state index in [1.54, 1.807) is 0 Å². The third kappa shape index (κ3) is 2.65. The molecule has 0 bridgehead atoms. The van der Waals surface area contributed by atoms with Gasteiger partial charge in [0.15, 0.2) is 0 Å². The highest BCUT2D eigenvalue weighted by atomic mass is 19.4. The van der Waals surface area contributed by atoms with Crippen molar-refractivity contribution in [2.24, 2.45) is 0 Å². The van der Waals surface area contributed by atoms with Crippen LogP contribution in [-0.4, -0.2) is 23.0 Å². The molecule has 2 heterocycles. The molecule has 4 nitrogen and oxygen atoms in total. The second kappa shape index (κ2) is 4.64. The Balaban J connectivity index is 2.84. The molecule has 0 fully saturated rings. The van der Waals surface area contributed by atoms with Crippen molar-refractivity contribution < 1.29 is 35.9 Å². The Labute approximate surface area is 112 Å². The number of pyridine rings is 1. The first-order chi connectivity index (χ1) is 9.55. The third-order valence-corrected chi connectivity index (χ3v) is 2.64. The second-order valence-corrected chi connectivity index (χ2v) is 3.97. The molecule has 0 unspecified atom stereocenters. The number of methoxy groups -OCH3 is 1. The minimum Gasteiger partial charge on any atom is -0.465 e. The van der Waals surface area contributed by atoms with Crippen molar-refractivity contribution in [2.75, 3.05) is 7.11 Å². The predicted molar refractivity (Wildman–Crippen MR) is 57.4 cm³/mol. The Kier molecular flexibility index (Phi) is 3.34. The Morgan fingerprint density at radius 2 is 1.81 bits per heavy atom. The van der Waals surface area contributed by atoms with Gasteiger partial charge in [0.25, 0.3) is 0 Å². The molecule has 1 N–H and O–H groups in total. The molecule has 0 atom stereocenters.